The summed E-state index contributed by atoms with van der Waals surface area (Å²) in [5.41, 5.74) is 6.16. The Hall–Kier alpha value is -1.41. The lowest BCUT2D eigenvalue weighted by Gasteiger charge is -2.36. The number of nitrogens with zero attached hydrogens (tertiary/aromatic N) is 1. The number of carbonyl (C=O) groups is 2. The maximum absolute atomic E-state index is 12.7. The molecule has 0 aliphatic carbocycles. The van der Waals surface area contributed by atoms with Crippen LogP contribution in [0.15, 0.2) is 18.2 Å². The van der Waals surface area contributed by atoms with Crippen molar-refractivity contribution in [3.8, 4) is 5.75 Å². The van der Waals surface area contributed by atoms with Crippen LogP contribution < -0.4 is 21.1 Å². The number of halogens is 3. The number of rotatable bonds is 9. The predicted octanol–water partition coefficient (Wildman–Crippen LogP) is 2.84. The number of hydrogen-bond acceptors (Lipinski definition) is 5. The molecule has 2 amide bonds. The van der Waals surface area contributed by atoms with Gasteiger partial charge in [0.05, 0.1) is 12.8 Å². The molecule has 7 nitrogen and oxygen atoms in total. The third-order valence-corrected chi connectivity index (χ3v) is 4.90. The molecule has 0 bridgehead atoms. The zero-order valence-electron chi connectivity index (χ0n) is 16.6. The summed E-state index contributed by atoms with van der Waals surface area (Å²) < 4.78 is 5.30. The molecule has 0 spiro atoms. The summed E-state index contributed by atoms with van der Waals surface area (Å²) in [4.78, 5) is 26.2. The maximum atomic E-state index is 12.7. The van der Waals surface area contributed by atoms with Gasteiger partial charge in [0.1, 0.15) is 5.75 Å². The van der Waals surface area contributed by atoms with Gasteiger partial charge < -0.3 is 26.0 Å². The van der Waals surface area contributed by atoms with E-state index in [1.54, 1.807) is 25.3 Å². The molecule has 1 aliphatic rings. The zero-order chi connectivity index (χ0) is 19.6. The highest BCUT2D eigenvalue weighted by Gasteiger charge is 2.26. The molecule has 1 aromatic carbocycles. The van der Waals surface area contributed by atoms with Crippen molar-refractivity contribution < 1.29 is 14.3 Å². The molecule has 4 N–H and O–H groups in total. The summed E-state index contributed by atoms with van der Waals surface area (Å²) in [5, 5.41) is 6.70. The van der Waals surface area contributed by atoms with Crippen molar-refractivity contribution >= 4 is 53.9 Å². The van der Waals surface area contributed by atoms with Gasteiger partial charge in [0.2, 0.25) is 11.8 Å². The Morgan fingerprint density at radius 2 is 2.03 bits per heavy atom. The van der Waals surface area contributed by atoms with Gasteiger partial charge in [-0.15, -0.1) is 24.8 Å². The van der Waals surface area contributed by atoms with Crippen molar-refractivity contribution in [3.05, 3.63) is 23.2 Å². The summed E-state index contributed by atoms with van der Waals surface area (Å²) in [7, 11) is 1.59. The molecule has 1 atom stereocenters. The van der Waals surface area contributed by atoms with Gasteiger partial charge in [-0.05, 0) is 37.5 Å². The summed E-state index contributed by atoms with van der Waals surface area (Å²) in [6.45, 7) is 2.03. The van der Waals surface area contributed by atoms with E-state index in [9.17, 15) is 9.59 Å². The molecule has 166 valence electrons. The Morgan fingerprint density at radius 3 is 2.72 bits per heavy atom. The van der Waals surface area contributed by atoms with Crippen molar-refractivity contribution in [2.75, 3.05) is 38.6 Å². The largest absolute Gasteiger partial charge is 0.495 e. The van der Waals surface area contributed by atoms with Gasteiger partial charge in [-0.1, -0.05) is 11.6 Å². The molecular formula is C19H31Cl3N4O3. The van der Waals surface area contributed by atoms with Crippen LogP contribution >= 0.6 is 36.4 Å². The number of likely N-dealkylation sites (tertiary alicyclic amines) is 1. The molecule has 1 unspecified atom stereocenters. The smallest absolute Gasteiger partial charge is 0.224 e. The molecule has 0 saturated carbocycles. The molecule has 1 fully saturated rings. The highest BCUT2D eigenvalue weighted by molar-refractivity contribution is 6.30. The van der Waals surface area contributed by atoms with Crippen LogP contribution in [0.1, 0.15) is 32.1 Å². The molecule has 0 aromatic heterocycles. The van der Waals surface area contributed by atoms with Gasteiger partial charge in [-0.3, -0.25) is 9.59 Å². The zero-order valence-corrected chi connectivity index (χ0v) is 19.0. The molecule has 2 rings (SSSR count). The average molecular weight is 470 g/mol. The van der Waals surface area contributed by atoms with Crippen molar-refractivity contribution in [2.45, 2.75) is 38.1 Å². The minimum atomic E-state index is -0.0646. The minimum absolute atomic E-state index is 0. The quantitative estimate of drug-likeness (QED) is 0.517. The molecule has 1 aromatic rings. The van der Waals surface area contributed by atoms with Gasteiger partial charge in [0.25, 0.3) is 0 Å². The van der Waals surface area contributed by atoms with E-state index in [0.29, 0.717) is 43.2 Å². The van der Waals surface area contributed by atoms with E-state index in [1.165, 1.54) is 0 Å². The Balaban J connectivity index is 0.00000392. The van der Waals surface area contributed by atoms with Crippen molar-refractivity contribution in [1.82, 2.24) is 10.2 Å². The molecule has 10 heteroatoms. The van der Waals surface area contributed by atoms with E-state index < -0.39 is 0 Å². The number of piperidine rings is 1. The minimum Gasteiger partial charge on any atom is -0.495 e. The summed E-state index contributed by atoms with van der Waals surface area (Å²) in [5.74, 6) is 0.705. The van der Waals surface area contributed by atoms with Crippen LogP contribution in [0.2, 0.25) is 5.02 Å². The fourth-order valence-electron chi connectivity index (χ4n) is 3.26. The third kappa shape index (κ3) is 8.86. The first-order valence-electron chi connectivity index (χ1n) is 9.38. The summed E-state index contributed by atoms with van der Waals surface area (Å²) in [6.07, 6.45) is 3.65. The number of ether oxygens (including phenoxy) is 1. The van der Waals surface area contributed by atoms with Crippen LogP contribution in [0.25, 0.3) is 0 Å². The number of carbonyl (C=O) groups excluding carboxylic acids is 2. The fourth-order valence-corrected chi connectivity index (χ4v) is 3.43. The number of benzene rings is 1. The molecular weight excluding hydrogens is 439 g/mol. The Labute approximate surface area is 189 Å². The standard InChI is InChI=1S/C19H29ClN4O3.2ClH/c1-27-17-6-5-14(20)12-16(17)22-10-8-19(26)24-11-3-2-4-15(24)13-23-18(25)7-9-21;;/h5-6,12,15,22H,2-4,7-11,13,21H2,1H3,(H,23,25);2*1H. The van der Waals surface area contributed by atoms with E-state index in [4.69, 9.17) is 22.1 Å². The van der Waals surface area contributed by atoms with E-state index in [-0.39, 0.29) is 42.7 Å². The highest BCUT2D eigenvalue weighted by atomic mass is 35.5. The van der Waals surface area contributed by atoms with E-state index in [1.807, 2.05) is 4.90 Å². The number of anilines is 1. The fraction of sp³-hybridized carbons (Fsp3) is 0.579. The van der Waals surface area contributed by atoms with Crippen LogP contribution in [0.5, 0.6) is 5.75 Å². The average Bonchev–Trinajstić information content (AvgIpc) is 2.67. The number of methoxy groups -OCH3 is 1. The second kappa shape index (κ2) is 14.6. The Morgan fingerprint density at radius 1 is 1.28 bits per heavy atom. The first-order chi connectivity index (χ1) is 13.0. The molecule has 1 heterocycles. The highest BCUT2D eigenvalue weighted by Crippen LogP contribution is 2.27. The summed E-state index contributed by atoms with van der Waals surface area (Å²) in [6, 6.07) is 5.38. The predicted molar refractivity (Wildman–Crippen MR) is 122 cm³/mol. The Kier molecular flexibility index (Phi) is 13.8. The van der Waals surface area contributed by atoms with Gasteiger partial charge >= 0.3 is 0 Å². The van der Waals surface area contributed by atoms with E-state index >= 15 is 0 Å². The lowest BCUT2D eigenvalue weighted by atomic mass is 10.0. The third-order valence-electron chi connectivity index (χ3n) is 4.67. The van der Waals surface area contributed by atoms with Gasteiger partial charge in [0, 0.05) is 50.1 Å². The van der Waals surface area contributed by atoms with Gasteiger partial charge in [0.15, 0.2) is 0 Å². The topological polar surface area (TPSA) is 96.7 Å². The van der Waals surface area contributed by atoms with Crippen LogP contribution in [-0.4, -0.2) is 56.0 Å². The number of nitrogens with two attached hydrogens (primary N) is 1. The van der Waals surface area contributed by atoms with Crippen LogP contribution in [0.3, 0.4) is 0 Å². The lowest BCUT2D eigenvalue weighted by molar-refractivity contribution is -0.135. The molecule has 1 aliphatic heterocycles. The van der Waals surface area contributed by atoms with Crippen LogP contribution in [-0.2, 0) is 9.59 Å². The van der Waals surface area contributed by atoms with Crippen molar-refractivity contribution in [3.63, 3.8) is 0 Å². The second-order valence-corrected chi connectivity index (χ2v) is 7.04. The lowest BCUT2D eigenvalue weighted by Crippen LogP contribution is -2.49. The van der Waals surface area contributed by atoms with Gasteiger partial charge in [-0.2, -0.15) is 0 Å². The normalized spacial score (nSPS) is 15.6. The van der Waals surface area contributed by atoms with Gasteiger partial charge in [-0.25, -0.2) is 0 Å². The van der Waals surface area contributed by atoms with Crippen LogP contribution in [0, 0.1) is 0 Å². The van der Waals surface area contributed by atoms with Crippen molar-refractivity contribution in [1.29, 1.82) is 0 Å². The molecule has 1 saturated heterocycles. The van der Waals surface area contributed by atoms with E-state index in [0.717, 1.165) is 31.5 Å². The Bertz CT molecular complexity index is 649. The number of amides is 2. The maximum Gasteiger partial charge on any atom is 0.224 e. The molecule has 29 heavy (non-hydrogen) atoms. The molecule has 0 radical (unpaired) electrons. The van der Waals surface area contributed by atoms with Crippen molar-refractivity contribution in [2.24, 2.45) is 5.73 Å². The number of nitrogens with one attached hydrogen (secondary N) is 2. The first kappa shape index (κ1) is 27.6. The van der Waals surface area contributed by atoms with E-state index in [2.05, 4.69) is 10.6 Å². The first-order valence-corrected chi connectivity index (χ1v) is 9.76. The summed E-state index contributed by atoms with van der Waals surface area (Å²) >= 11 is 6.03. The SMILES string of the molecule is COc1ccc(Cl)cc1NCCC(=O)N1CCCCC1CNC(=O)CCN.Cl.Cl. The van der Waals surface area contributed by atoms with Crippen LogP contribution in [0.4, 0.5) is 5.69 Å². The second-order valence-electron chi connectivity index (χ2n) is 6.60. The monoisotopic (exact) mass is 468 g/mol. The number of hydrogen-bond donors (Lipinski definition) is 3.